The molecule has 0 heterocycles. The summed E-state index contributed by atoms with van der Waals surface area (Å²) in [6.07, 6.45) is 2.64. The highest BCUT2D eigenvalue weighted by molar-refractivity contribution is 5.23. The highest BCUT2D eigenvalue weighted by atomic mass is 14.7. The van der Waals surface area contributed by atoms with E-state index in [4.69, 9.17) is 0 Å². The molecule has 2 atom stereocenters. The predicted molar refractivity (Wildman–Crippen MR) is 70.6 cm³/mol. The minimum absolute atomic E-state index is 0.541. The molecule has 0 aromatic carbocycles. The van der Waals surface area contributed by atoms with Crippen LogP contribution in [0.1, 0.15) is 54.4 Å². The third-order valence-electron chi connectivity index (χ3n) is 3.99. The highest BCUT2D eigenvalue weighted by Crippen LogP contribution is 2.55. The van der Waals surface area contributed by atoms with E-state index >= 15 is 0 Å². The third-order valence-corrected chi connectivity index (χ3v) is 3.99. The Labute approximate surface area is 96.4 Å². The van der Waals surface area contributed by atoms with Crippen molar-refractivity contribution in [1.82, 2.24) is 0 Å². The van der Waals surface area contributed by atoms with Crippen LogP contribution in [0.3, 0.4) is 0 Å². The van der Waals surface area contributed by atoms with Gasteiger partial charge in [0.05, 0.1) is 0 Å². The number of aliphatic imine (C=N–C) groups is 1. The molecule has 1 nitrogen and oxygen atoms in total. The van der Waals surface area contributed by atoms with E-state index in [0.29, 0.717) is 5.41 Å². The average molecular weight is 211 g/mol. The largest absolute Gasteiger partial charge is 0.301 e. The van der Waals surface area contributed by atoms with Gasteiger partial charge in [-0.3, -0.25) is 0 Å². The molecule has 15 heavy (non-hydrogen) atoms. The Morgan fingerprint density at radius 2 is 1.87 bits per heavy atom. The molecular formula is C14H29N. The Balaban J connectivity index is 0.000000921. The summed E-state index contributed by atoms with van der Waals surface area (Å²) in [4.78, 5) is 3.94. The number of hydrogen-bond acceptors (Lipinski definition) is 1. The lowest BCUT2D eigenvalue weighted by molar-refractivity contribution is -0.0514. The number of hydrogen-bond donors (Lipinski definition) is 0. The van der Waals surface area contributed by atoms with E-state index in [0.717, 1.165) is 24.3 Å². The zero-order valence-electron chi connectivity index (χ0n) is 11.5. The third kappa shape index (κ3) is 3.32. The van der Waals surface area contributed by atoms with Gasteiger partial charge in [-0.1, -0.05) is 41.5 Å². The van der Waals surface area contributed by atoms with Gasteiger partial charge in [0.15, 0.2) is 0 Å². The van der Waals surface area contributed by atoms with Crippen molar-refractivity contribution in [3.8, 4) is 0 Å². The van der Waals surface area contributed by atoms with Gasteiger partial charge in [-0.05, 0) is 42.7 Å². The van der Waals surface area contributed by atoms with Crippen molar-refractivity contribution in [3.05, 3.63) is 0 Å². The summed E-state index contributed by atoms with van der Waals surface area (Å²) in [7, 11) is 0. The van der Waals surface area contributed by atoms with Crippen molar-refractivity contribution < 1.29 is 0 Å². The second-order valence-electron chi connectivity index (χ2n) is 5.34. The van der Waals surface area contributed by atoms with E-state index in [1.807, 2.05) is 13.8 Å². The standard InChI is InChI=1S/C12H23N.C2H6/c1-9(2)11-8-10(6-7-13-5)12(11,3)4;1-2/h9-11H,5-8H2,1-4H3;1-2H3/t10-,11-;/m1./s1. The van der Waals surface area contributed by atoms with Crippen molar-refractivity contribution in [3.63, 3.8) is 0 Å². The molecule has 1 rings (SSSR count). The van der Waals surface area contributed by atoms with Gasteiger partial charge < -0.3 is 4.99 Å². The lowest BCUT2D eigenvalue weighted by Gasteiger charge is -2.54. The normalized spacial score (nSPS) is 27.7. The molecule has 1 heteroatoms. The molecule has 0 amide bonds. The van der Waals surface area contributed by atoms with E-state index in [9.17, 15) is 0 Å². The van der Waals surface area contributed by atoms with Crippen molar-refractivity contribution in [2.75, 3.05) is 6.54 Å². The van der Waals surface area contributed by atoms with Crippen molar-refractivity contribution in [2.45, 2.75) is 54.4 Å². The topological polar surface area (TPSA) is 12.4 Å². The molecular weight excluding hydrogens is 182 g/mol. The Morgan fingerprint density at radius 1 is 1.33 bits per heavy atom. The Morgan fingerprint density at radius 3 is 2.20 bits per heavy atom. The van der Waals surface area contributed by atoms with Crippen molar-refractivity contribution >= 4 is 6.72 Å². The van der Waals surface area contributed by atoms with Crippen LogP contribution in [0.5, 0.6) is 0 Å². The maximum atomic E-state index is 3.94. The van der Waals surface area contributed by atoms with Gasteiger partial charge in [0.1, 0.15) is 0 Å². The van der Waals surface area contributed by atoms with Gasteiger partial charge >= 0.3 is 0 Å². The van der Waals surface area contributed by atoms with Crippen molar-refractivity contribution in [2.24, 2.45) is 28.2 Å². The Kier molecular flexibility index (Phi) is 6.16. The minimum atomic E-state index is 0.541. The first-order chi connectivity index (χ1) is 7.00. The summed E-state index contributed by atoms with van der Waals surface area (Å²) in [5.74, 6) is 2.63. The van der Waals surface area contributed by atoms with Crippen molar-refractivity contribution in [1.29, 1.82) is 0 Å². The van der Waals surface area contributed by atoms with Crippen LogP contribution in [0.2, 0.25) is 0 Å². The minimum Gasteiger partial charge on any atom is -0.301 e. The van der Waals surface area contributed by atoms with Gasteiger partial charge in [-0.25, -0.2) is 0 Å². The lowest BCUT2D eigenvalue weighted by atomic mass is 9.51. The quantitative estimate of drug-likeness (QED) is 0.610. The fourth-order valence-corrected chi connectivity index (χ4v) is 2.92. The first-order valence-electron chi connectivity index (χ1n) is 6.42. The zero-order chi connectivity index (χ0) is 12.1. The first-order valence-corrected chi connectivity index (χ1v) is 6.42. The van der Waals surface area contributed by atoms with Gasteiger partial charge in [0.25, 0.3) is 0 Å². The molecule has 0 spiro atoms. The second kappa shape index (κ2) is 6.30. The van der Waals surface area contributed by atoms with Crippen LogP contribution in [0.15, 0.2) is 4.99 Å². The Hall–Kier alpha value is -0.330. The Bertz CT molecular complexity index is 182. The highest BCUT2D eigenvalue weighted by Gasteiger charge is 2.48. The smallest absolute Gasteiger partial charge is 0.0384 e. The second-order valence-corrected chi connectivity index (χ2v) is 5.34. The van der Waals surface area contributed by atoms with E-state index in [-0.39, 0.29) is 0 Å². The summed E-state index contributed by atoms with van der Waals surface area (Å²) in [6.45, 7) is 18.0. The van der Waals surface area contributed by atoms with E-state index < -0.39 is 0 Å². The molecule has 1 fully saturated rings. The maximum Gasteiger partial charge on any atom is 0.0384 e. The van der Waals surface area contributed by atoms with Crippen LogP contribution in [-0.4, -0.2) is 13.3 Å². The molecule has 0 N–H and O–H groups in total. The molecule has 1 saturated carbocycles. The lowest BCUT2D eigenvalue weighted by Crippen LogP contribution is -2.47. The molecule has 1 aliphatic carbocycles. The maximum absolute atomic E-state index is 3.94. The number of nitrogens with zero attached hydrogens (tertiary/aromatic N) is 1. The summed E-state index contributed by atoms with van der Waals surface area (Å²) in [6, 6.07) is 0. The molecule has 0 saturated heterocycles. The fraction of sp³-hybridized carbons (Fsp3) is 0.929. The molecule has 0 bridgehead atoms. The molecule has 0 aromatic rings. The van der Waals surface area contributed by atoms with E-state index in [2.05, 4.69) is 39.4 Å². The molecule has 0 radical (unpaired) electrons. The number of rotatable bonds is 4. The van der Waals surface area contributed by atoms with Crippen LogP contribution in [0.4, 0.5) is 0 Å². The van der Waals surface area contributed by atoms with Gasteiger partial charge in [0.2, 0.25) is 0 Å². The summed E-state index contributed by atoms with van der Waals surface area (Å²) in [5.41, 5.74) is 0.541. The van der Waals surface area contributed by atoms with E-state index in [1.54, 1.807) is 0 Å². The van der Waals surface area contributed by atoms with Crippen LogP contribution in [-0.2, 0) is 0 Å². The summed E-state index contributed by atoms with van der Waals surface area (Å²) >= 11 is 0. The molecule has 1 aliphatic rings. The summed E-state index contributed by atoms with van der Waals surface area (Å²) < 4.78 is 0. The fourth-order valence-electron chi connectivity index (χ4n) is 2.92. The van der Waals surface area contributed by atoms with E-state index in [1.165, 1.54) is 12.8 Å². The first kappa shape index (κ1) is 14.7. The van der Waals surface area contributed by atoms with Gasteiger partial charge in [-0.15, -0.1) is 0 Å². The SMILES string of the molecule is C=NCC[C@@H]1C[C@H](C(C)C)C1(C)C.CC. The monoisotopic (exact) mass is 211 g/mol. The summed E-state index contributed by atoms with van der Waals surface area (Å²) in [5, 5.41) is 0. The zero-order valence-corrected chi connectivity index (χ0v) is 11.5. The van der Waals surface area contributed by atoms with Gasteiger partial charge in [0, 0.05) is 6.54 Å². The average Bonchev–Trinajstić information content (AvgIpc) is 2.19. The molecule has 0 aromatic heterocycles. The predicted octanol–water partition coefficient (Wildman–Crippen LogP) is 4.42. The molecule has 0 aliphatic heterocycles. The molecule has 90 valence electrons. The van der Waals surface area contributed by atoms with Crippen LogP contribution in [0.25, 0.3) is 0 Å². The molecule has 0 unspecified atom stereocenters. The van der Waals surface area contributed by atoms with Gasteiger partial charge in [-0.2, -0.15) is 0 Å². The van der Waals surface area contributed by atoms with Crippen LogP contribution >= 0.6 is 0 Å². The van der Waals surface area contributed by atoms with Crippen LogP contribution < -0.4 is 0 Å². The van der Waals surface area contributed by atoms with Crippen LogP contribution in [0, 0.1) is 23.2 Å².